The summed E-state index contributed by atoms with van der Waals surface area (Å²) in [6, 6.07) is 12.0. The average molecular weight is 255 g/mol. The topological polar surface area (TPSA) is 49.1 Å². The molecule has 0 N–H and O–H groups in total. The van der Waals surface area contributed by atoms with Crippen LogP contribution in [0, 0.1) is 11.3 Å². The van der Waals surface area contributed by atoms with Crippen molar-refractivity contribution in [3.63, 3.8) is 0 Å². The van der Waals surface area contributed by atoms with Crippen molar-refractivity contribution in [3.8, 4) is 6.07 Å². The fourth-order valence-electron chi connectivity index (χ4n) is 2.01. The number of rotatable bonds is 4. The summed E-state index contributed by atoms with van der Waals surface area (Å²) in [4.78, 5) is 6.63. The average Bonchev–Trinajstić information content (AvgIpc) is 2.45. The first kappa shape index (κ1) is 13.3. The van der Waals surface area contributed by atoms with Gasteiger partial charge in [0.25, 0.3) is 0 Å². The lowest BCUT2D eigenvalue weighted by atomic mass is 10.1. The SMILES string of the molecule is COCC(C)N(C)c1cc(C#N)c2ccccc2n1. The van der Waals surface area contributed by atoms with Crippen LogP contribution in [-0.2, 0) is 4.74 Å². The normalized spacial score (nSPS) is 12.1. The predicted molar refractivity (Wildman–Crippen MR) is 76.2 cm³/mol. The van der Waals surface area contributed by atoms with Gasteiger partial charge < -0.3 is 9.64 Å². The van der Waals surface area contributed by atoms with Crippen LogP contribution in [0.2, 0.25) is 0 Å². The second-order valence-corrected chi connectivity index (χ2v) is 4.57. The molecule has 4 heteroatoms. The zero-order valence-corrected chi connectivity index (χ0v) is 11.4. The maximum Gasteiger partial charge on any atom is 0.130 e. The summed E-state index contributed by atoms with van der Waals surface area (Å²) in [6.07, 6.45) is 0. The molecule has 0 fully saturated rings. The maximum absolute atomic E-state index is 9.26. The molecule has 0 saturated carbocycles. The third kappa shape index (κ3) is 2.67. The van der Waals surface area contributed by atoms with Crippen molar-refractivity contribution < 1.29 is 4.74 Å². The van der Waals surface area contributed by atoms with Gasteiger partial charge in [-0.25, -0.2) is 4.98 Å². The van der Waals surface area contributed by atoms with E-state index in [0.717, 1.165) is 16.7 Å². The molecule has 2 rings (SSSR count). The molecule has 0 aliphatic rings. The number of hydrogen-bond donors (Lipinski definition) is 0. The largest absolute Gasteiger partial charge is 0.383 e. The van der Waals surface area contributed by atoms with E-state index >= 15 is 0 Å². The van der Waals surface area contributed by atoms with Crippen LogP contribution in [0.3, 0.4) is 0 Å². The van der Waals surface area contributed by atoms with Gasteiger partial charge in [-0.3, -0.25) is 0 Å². The number of pyridine rings is 1. The summed E-state index contributed by atoms with van der Waals surface area (Å²) < 4.78 is 5.16. The molecule has 0 amide bonds. The minimum absolute atomic E-state index is 0.199. The minimum atomic E-state index is 0.199. The Hall–Kier alpha value is -2.12. The first-order chi connectivity index (χ1) is 9.17. The van der Waals surface area contributed by atoms with Crippen molar-refractivity contribution in [2.75, 3.05) is 25.7 Å². The zero-order valence-electron chi connectivity index (χ0n) is 11.4. The van der Waals surface area contributed by atoms with Crippen molar-refractivity contribution in [1.29, 1.82) is 5.26 Å². The molecule has 1 heterocycles. The van der Waals surface area contributed by atoms with Crippen molar-refractivity contribution in [1.82, 2.24) is 4.98 Å². The molecular weight excluding hydrogens is 238 g/mol. The van der Waals surface area contributed by atoms with Crippen LogP contribution >= 0.6 is 0 Å². The van der Waals surface area contributed by atoms with E-state index in [4.69, 9.17) is 4.74 Å². The highest BCUT2D eigenvalue weighted by atomic mass is 16.5. The predicted octanol–water partition coefficient (Wildman–Crippen LogP) is 2.58. The Balaban J connectivity index is 2.48. The Kier molecular flexibility index (Phi) is 3.98. The summed E-state index contributed by atoms with van der Waals surface area (Å²) in [6.45, 7) is 2.68. The number of para-hydroxylation sites is 1. The smallest absolute Gasteiger partial charge is 0.130 e. The van der Waals surface area contributed by atoms with Crippen molar-refractivity contribution >= 4 is 16.7 Å². The zero-order chi connectivity index (χ0) is 13.8. The molecular formula is C15H17N3O. The Bertz CT molecular complexity index is 618. The second kappa shape index (κ2) is 5.68. The Morgan fingerprint density at radius 3 is 2.84 bits per heavy atom. The second-order valence-electron chi connectivity index (χ2n) is 4.57. The van der Waals surface area contributed by atoms with Gasteiger partial charge in [-0.2, -0.15) is 5.26 Å². The molecule has 4 nitrogen and oxygen atoms in total. The fraction of sp³-hybridized carbons (Fsp3) is 0.333. The number of fused-ring (bicyclic) bond motifs is 1. The number of benzene rings is 1. The number of nitrogens with zero attached hydrogens (tertiary/aromatic N) is 3. The molecule has 0 aliphatic heterocycles. The molecule has 1 atom stereocenters. The summed E-state index contributed by atoms with van der Waals surface area (Å²) in [7, 11) is 3.64. The molecule has 2 aromatic rings. The van der Waals surface area contributed by atoms with E-state index in [1.54, 1.807) is 7.11 Å². The Morgan fingerprint density at radius 2 is 2.16 bits per heavy atom. The summed E-state index contributed by atoms with van der Waals surface area (Å²) >= 11 is 0. The lowest BCUT2D eigenvalue weighted by molar-refractivity contribution is 0.183. The van der Waals surface area contributed by atoms with E-state index in [-0.39, 0.29) is 6.04 Å². The van der Waals surface area contributed by atoms with Gasteiger partial charge in [0, 0.05) is 19.5 Å². The molecule has 0 radical (unpaired) electrons. The lowest BCUT2D eigenvalue weighted by Crippen LogP contribution is -2.33. The highest BCUT2D eigenvalue weighted by Gasteiger charge is 2.13. The number of nitriles is 1. The fourth-order valence-corrected chi connectivity index (χ4v) is 2.01. The van der Waals surface area contributed by atoms with E-state index in [1.165, 1.54) is 0 Å². The van der Waals surface area contributed by atoms with Crippen molar-refractivity contribution in [2.45, 2.75) is 13.0 Å². The molecule has 0 spiro atoms. The number of aromatic nitrogens is 1. The van der Waals surface area contributed by atoms with Crippen LogP contribution in [0.25, 0.3) is 10.9 Å². The highest BCUT2D eigenvalue weighted by molar-refractivity contribution is 5.86. The van der Waals surface area contributed by atoms with Crippen LogP contribution in [0.4, 0.5) is 5.82 Å². The van der Waals surface area contributed by atoms with Crippen LogP contribution in [0.5, 0.6) is 0 Å². The highest BCUT2D eigenvalue weighted by Crippen LogP contribution is 2.22. The molecule has 19 heavy (non-hydrogen) atoms. The van der Waals surface area contributed by atoms with Gasteiger partial charge in [-0.1, -0.05) is 18.2 Å². The first-order valence-corrected chi connectivity index (χ1v) is 6.19. The molecule has 1 aromatic heterocycles. The standard InChI is InChI=1S/C15H17N3O/c1-11(10-19-3)18(2)15-8-12(9-16)13-6-4-5-7-14(13)17-15/h4-8,11H,10H2,1-3H3. The van der Waals surface area contributed by atoms with E-state index in [9.17, 15) is 5.26 Å². The molecule has 98 valence electrons. The molecule has 1 unspecified atom stereocenters. The Labute approximate surface area is 113 Å². The van der Waals surface area contributed by atoms with Gasteiger partial charge in [0.15, 0.2) is 0 Å². The minimum Gasteiger partial charge on any atom is -0.383 e. The van der Waals surface area contributed by atoms with Crippen molar-refractivity contribution in [2.24, 2.45) is 0 Å². The summed E-state index contributed by atoms with van der Waals surface area (Å²) in [5, 5.41) is 10.2. The van der Waals surface area contributed by atoms with Crippen LogP contribution < -0.4 is 4.90 Å². The van der Waals surface area contributed by atoms with E-state index in [1.807, 2.05) is 42.3 Å². The lowest BCUT2D eigenvalue weighted by Gasteiger charge is -2.25. The van der Waals surface area contributed by atoms with E-state index in [0.29, 0.717) is 12.2 Å². The molecule has 0 bridgehead atoms. The van der Waals surface area contributed by atoms with Crippen LogP contribution in [0.15, 0.2) is 30.3 Å². The van der Waals surface area contributed by atoms with E-state index < -0.39 is 0 Å². The van der Waals surface area contributed by atoms with Gasteiger partial charge in [-0.15, -0.1) is 0 Å². The van der Waals surface area contributed by atoms with Gasteiger partial charge in [0.1, 0.15) is 5.82 Å². The van der Waals surface area contributed by atoms with Crippen molar-refractivity contribution in [3.05, 3.63) is 35.9 Å². The molecule has 0 saturated heterocycles. The maximum atomic E-state index is 9.26. The quantitative estimate of drug-likeness (QED) is 0.842. The van der Waals surface area contributed by atoms with Crippen LogP contribution in [-0.4, -0.2) is 31.8 Å². The van der Waals surface area contributed by atoms with Gasteiger partial charge in [0.2, 0.25) is 0 Å². The third-order valence-electron chi connectivity index (χ3n) is 3.25. The number of likely N-dealkylation sites (N-methyl/N-ethyl adjacent to an activating group) is 1. The number of ether oxygens (including phenoxy) is 1. The third-order valence-corrected chi connectivity index (χ3v) is 3.25. The first-order valence-electron chi connectivity index (χ1n) is 6.19. The number of methoxy groups -OCH3 is 1. The summed E-state index contributed by atoms with van der Waals surface area (Å²) in [5.41, 5.74) is 1.49. The molecule has 0 aliphatic carbocycles. The molecule has 1 aromatic carbocycles. The number of hydrogen-bond acceptors (Lipinski definition) is 4. The van der Waals surface area contributed by atoms with Gasteiger partial charge in [-0.05, 0) is 19.1 Å². The van der Waals surface area contributed by atoms with Crippen LogP contribution in [0.1, 0.15) is 12.5 Å². The van der Waals surface area contributed by atoms with Gasteiger partial charge in [0.05, 0.1) is 29.8 Å². The number of anilines is 1. The monoisotopic (exact) mass is 255 g/mol. The van der Waals surface area contributed by atoms with Gasteiger partial charge >= 0.3 is 0 Å². The summed E-state index contributed by atoms with van der Waals surface area (Å²) in [5.74, 6) is 0.791. The van der Waals surface area contributed by atoms with E-state index in [2.05, 4.69) is 18.0 Å². The Morgan fingerprint density at radius 1 is 1.42 bits per heavy atom.